The Balaban J connectivity index is 2.77. The number of Topliss-reactive ketones (excluding diaryl/α,β-unsaturated/α-hetero) is 1. The number of ether oxygens (including phenoxy) is 1. The fraction of sp³-hybridized carbons (Fsp3) is 0.333. The maximum atomic E-state index is 11.4. The molecule has 0 unspecified atom stereocenters. The van der Waals surface area contributed by atoms with E-state index >= 15 is 0 Å². The van der Waals surface area contributed by atoms with Crippen molar-refractivity contribution in [2.45, 2.75) is 13.8 Å². The first kappa shape index (κ1) is 13.5. The minimum Gasteiger partial charge on any atom is -0.465 e. The molecule has 5 heteroatoms. The minimum absolute atomic E-state index is 0.0236. The number of ketones is 1. The van der Waals surface area contributed by atoms with Crippen LogP contribution in [0.1, 0.15) is 24.2 Å². The van der Waals surface area contributed by atoms with Crippen LogP contribution < -0.4 is 5.32 Å². The van der Waals surface area contributed by atoms with Crippen molar-refractivity contribution in [3.8, 4) is 0 Å². The van der Waals surface area contributed by atoms with Crippen molar-refractivity contribution in [2.75, 3.05) is 18.5 Å². The molecule has 0 heterocycles. The predicted molar refractivity (Wildman–Crippen MR) is 66.6 cm³/mol. The lowest BCUT2D eigenvalue weighted by atomic mass is 10.1. The Bertz CT molecular complexity index is 432. The van der Waals surface area contributed by atoms with Crippen molar-refractivity contribution in [3.05, 3.63) is 28.8 Å². The fourth-order valence-corrected chi connectivity index (χ4v) is 1.51. The van der Waals surface area contributed by atoms with Crippen molar-refractivity contribution in [2.24, 2.45) is 0 Å². The van der Waals surface area contributed by atoms with Gasteiger partial charge in [-0.05, 0) is 32.0 Å². The van der Waals surface area contributed by atoms with E-state index in [1.54, 1.807) is 25.1 Å². The smallest absolute Gasteiger partial charge is 0.325 e. The number of carbonyl (C=O) groups is 2. The molecule has 0 aromatic heterocycles. The quantitative estimate of drug-likeness (QED) is 0.649. The van der Waals surface area contributed by atoms with Gasteiger partial charge in [0.05, 0.1) is 6.61 Å². The summed E-state index contributed by atoms with van der Waals surface area (Å²) in [7, 11) is 0. The van der Waals surface area contributed by atoms with Gasteiger partial charge in [-0.25, -0.2) is 0 Å². The number of rotatable bonds is 5. The molecule has 0 spiro atoms. The van der Waals surface area contributed by atoms with E-state index in [9.17, 15) is 9.59 Å². The number of hydrogen-bond donors (Lipinski definition) is 1. The Kier molecular flexibility index (Phi) is 4.97. The van der Waals surface area contributed by atoms with Crippen LogP contribution in [0.5, 0.6) is 0 Å². The Morgan fingerprint density at radius 2 is 2.12 bits per heavy atom. The summed E-state index contributed by atoms with van der Waals surface area (Å²) in [4.78, 5) is 22.5. The van der Waals surface area contributed by atoms with Crippen molar-refractivity contribution >= 4 is 29.0 Å². The van der Waals surface area contributed by atoms with Crippen LogP contribution >= 0.6 is 11.6 Å². The van der Waals surface area contributed by atoms with E-state index in [1.807, 2.05) is 0 Å². The number of halogens is 1. The van der Waals surface area contributed by atoms with Crippen LogP contribution in [-0.2, 0) is 9.53 Å². The second-order valence-electron chi connectivity index (χ2n) is 3.40. The van der Waals surface area contributed by atoms with Gasteiger partial charge < -0.3 is 10.1 Å². The molecule has 1 aromatic rings. The first-order valence-electron chi connectivity index (χ1n) is 5.24. The molecule has 0 fully saturated rings. The van der Waals surface area contributed by atoms with E-state index < -0.39 is 0 Å². The molecule has 0 atom stereocenters. The fourth-order valence-electron chi connectivity index (χ4n) is 1.34. The maximum Gasteiger partial charge on any atom is 0.325 e. The average Bonchev–Trinajstić information content (AvgIpc) is 2.27. The van der Waals surface area contributed by atoms with E-state index in [2.05, 4.69) is 5.32 Å². The van der Waals surface area contributed by atoms with Crippen molar-refractivity contribution in [1.29, 1.82) is 0 Å². The molecular formula is C12H14ClNO3. The highest BCUT2D eigenvalue weighted by Gasteiger charge is 2.09. The van der Waals surface area contributed by atoms with Crippen molar-refractivity contribution in [3.63, 3.8) is 0 Å². The first-order chi connectivity index (χ1) is 8.04. The Hall–Kier alpha value is -1.55. The molecule has 0 saturated carbocycles. The zero-order valence-electron chi connectivity index (χ0n) is 9.75. The lowest BCUT2D eigenvalue weighted by Crippen LogP contribution is -2.17. The molecule has 1 N–H and O–H groups in total. The number of nitrogens with one attached hydrogen (secondary N) is 1. The van der Waals surface area contributed by atoms with Gasteiger partial charge in [-0.1, -0.05) is 11.6 Å². The van der Waals surface area contributed by atoms with Gasteiger partial charge in [0.1, 0.15) is 6.54 Å². The highest BCUT2D eigenvalue weighted by molar-refractivity contribution is 6.31. The summed E-state index contributed by atoms with van der Waals surface area (Å²) < 4.78 is 4.78. The molecule has 17 heavy (non-hydrogen) atoms. The van der Waals surface area contributed by atoms with Crippen LogP contribution in [0.25, 0.3) is 0 Å². The van der Waals surface area contributed by atoms with Crippen molar-refractivity contribution in [1.82, 2.24) is 0 Å². The number of benzene rings is 1. The largest absolute Gasteiger partial charge is 0.465 e. The summed E-state index contributed by atoms with van der Waals surface area (Å²) in [5.74, 6) is -0.476. The number of anilines is 1. The van der Waals surface area contributed by atoms with Gasteiger partial charge in [-0.15, -0.1) is 0 Å². The van der Waals surface area contributed by atoms with Crippen LogP contribution in [0.3, 0.4) is 0 Å². The Morgan fingerprint density at radius 3 is 2.71 bits per heavy atom. The van der Waals surface area contributed by atoms with E-state index in [4.69, 9.17) is 16.3 Å². The molecule has 0 radical (unpaired) electrons. The summed E-state index contributed by atoms with van der Waals surface area (Å²) in [5, 5.41) is 3.34. The normalized spacial score (nSPS) is 9.82. The van der Waals surface area contributed by atoms with Crippen molar-refractivity contribution < 1.29 is 14.3 Å². The monoisotopic (exact) mass is 255 g/mol. The number of hydrogen-bond acceptors (Lipinski definition) is 4. The maximum absolute atomic E-state index is 11.4. The van der Waals surface area contributed by atoms with E-state index in [-0.39, 0.29) is 18.3 Å². The van der Waals surface area contributed by atoms with E-state index in [0.29, 0.717) is 22.9 Å². The Labute approximate surface area is 105 Å². The molecule has 0 bridgehead atoms. The van der Waals surface area contributed by atoms with E-state index in [1.165, 1.54) is 6.92 Å². The zero-order chi connectivity index (χ0) is 12.8. The second kappa shape index (κ2) is 6.25. The first-order valence-corrected chi connectivity index (χ1v) is 5.62. The van der Waals surface area contributed by atoms with Gasteiger partial charge in [0.15, 0.2) is 5.78 Å². The molecule has 1 aromatic carbocycles. The van der Waals surface area contributed by atoms with Crippen LogP contribution in [-0.4, -0.2) is 24.9 Å². The molecule has 0 amide bonds. The topological polar surface area (TPSA) is 55.4 Å². The van der Waals surface area contributed by atoms with Gasteiger partial charge >= 0.3 is 5.97 Å². The second-order valence-corrected chi connectivity index (χ2v) is 3.84. The third-order valence-electron chi connectivity index (χ3n) is 2.09. The highest BCUT2D eigenvalue weighted by atomic mass is 35.5. The zero-order valence-corrected chi connectivity index (χ0v) is 10.5. The van der Waals surface area contributed by atoms with Gasteiger partial charge in [0, 0.05) is 16.3 Å². The molecule has 92 valence electrons. The predicted octanol–water partition coefficient (Wildman–Crippen LogP) is 2.52. The van der Waals surface area contributed by atoms with Crippen LogP contribution in [0.4, 0.5) is 5.69 Å². The minimum atomic E-state index is -0.364. The van der Waals surface area contributed by atoms with Gasteiger partial charge in [-0.3, -0.25) is 9.59 Å². The summed E-state index contributed by atoms with van der Waals surface area (Å²) in [6.07, 6.45) is 0. The molecule has 0 aliphatic carbocycles. The van der Waals surface area contributed by atoms with Gasteiger partial charge in [0.2, 0.25) is 0 Å². The molecule has 1 rings (SSSR count). The van der Waals surface area contributed by atoms with Gasteiger partial charge in [0.25, 0.3) is 0 Å². The summed E-state index contributed by atoms with van der Waals surface area (Å²) in [6.45, 7) is 3.54. The summed E-state index contributed by atoms with van der Waals surface area (Å²) >= 11 is 5.80. The highest BCUT2D eigenvalue weighted by Crippen LogP contribution is 2.20. The van der Waals surface area contributed by atoms with Gasteiger partial charge in [-0.2, -0.15) is 0 Å². The lowest BCUT2D eigenvalue weighted by Gasteiger charge is -2.10. The standard InChI is InChI=1S/C12H14ClNO3/c1-3-17-12(16)7-14-11-5-4-9(13)6-10(11)8(2)15/h4-6,14H,3,7H2,1-2H3. The molecular weight excluding hydrogens is 242 g/mol. The summed E-state index contributed by atoms with van der Waals surface area (Å²) in [5.41, 5.74) is 1.04. The third-order valence-corrected chi connectivity index (χ3v) is 2.32. The van der Waals surface area contributed by atoms with Crippen LogP contribution in [0.2, 0.25) is 5.02 Å². The average molecular weight is 256 g/mol. The third kappa shape index (κ3) is 4.07. The summed E-state index contributed by atoms with van der Waals surface area (Å²) in [6, 6.07) is 4.89. The van der Waals surface area contributed by atoms with Crippen LogP contribution in [0, 0.1) is 0 Å². The van der Waals surface area contributed by atoms with Crippen LogP contribution in [0.15, 0.2) is 18.2 Å². The molecule has 0 aliphatic heterocycles. The molecule has 0 saturated heterocycles. The molecule has 4 nitrogen and oxygen atoms in total. The molecule has 0 aliphatic rings. The lowest BCUT2D eigenvalue weighted by molar-refractivity contribution is -0.140. The Morgan fingerprint density at radius 1 is 1.41 bits per heavy atom. The SMILES string of the molecule is CCOC(=O)CNc1ccc(Cl)cc1C(C)=O. The van der Waals surface area contributed by atoms with E-state index in [0.717, 1.165) is 0 Å². The number of carbonyl (C=O) groups excluding carboxylic acids is 2. The number of esters is 1.